The fourth-order valence-electron chi connectivity index (χ4n) is 3.54. The number of ketones is 1. The molecule has 1 aromatic carbocycles. The zero-order chi connectivity index (χ0) is 20.7. The fraction of sp³-hybridized carbons (Fsp3) is 0.391. The molecule has 0 amide bonds. The summed E-state index contributed by atoms with van der Waals surface area (Å²) in [6.07, 6.45) is 2.40. The third-order valence-electron chi connectivity index (χ3n) is 4.94. The van der Waals surface area contributed by atoms with E-state index in [9.17, 15) is 9.90 Å². The van der Waals surface area contributed by atoms with Crippen LogP contribution in [0.5, 0.6) is 11.6 Å². The monoisotopic (exact) mass is 381 g/mol. The molecule has 3 rings (SSSR count). The summed E-state index contributed by atoms with van der Waals surface area (Å²) in [6.45, 7) is 11.0. The van der Waals surface area contributed by atoms with Crippen molar-refractivity contribution < 1.29 is 19.4 Å². The van der Waals surface area contributed by atoms with Crippen molar-refractivity contribution in [3.63, 3.8) is 0 Å². The van der Waals surface area contributed by atoms with Gasteiger partial charge in [-0.25, -0.2) is 4.98 Å². The molecule has 5 heteroatoms. The number of aromatic nitrogens is 1. The van der Waals surface area contributed by atoms with Gasteiger partial charge in [-0.15, -0.1) is 0 Å². The number of aliphatic hydroxyl groups excluding tert-OH is 1. The second-order valence-electron chi connectivity index (χ2n) is 8.12. The number of benzene rings is 1. The maximum Gasteiger partial charge on any atom is 0.219 e. The molecule has 0 aliphatic carbocycles. The lowest BCUT2D eigenvalue weighted by atomic mass is 9.81. The Labute approximate surface area is 166 Å². The Balaban J connectivity index is 2.13. The van der Waals surface area contributed by atoms with Crippen LogP contribution < -0.4 is 4.74 Å². The maximum atomic E-state index is 13.1. The number of nitrogens with zero attached hydrogens (tertiary/aromatic N) is 1. The Hall–Kier alpha value is -2.66. The van der Waals surface area contributed by atoms with Crippen molar-refractivity contribution in [2.75, 3.05) is 0 Å². The predicted octanol–water partition coefficient (Wildman–Crippen LogP) is 5.17. The summed E-state index contributed by atoms with van der Waals surface area (Å²) in [7, 11) is 0. The molecule has 0 bridgehead atoms. The van der Waals surface area contributed by atoms with Crippen molar-refractivity contribution in [1.82, 2.24) is 4.98 Å². The van der Waals surface area contributed by atoms with E-state index in [1.54, 1.807) is 40.0 Å². The van der Waals surface area contributed by atoms with Crippen LogP contribution in [0.25, 0.3) is 5.57 Å². The number of aliphatic hydroxyl groups is 1. The van der Waals surface area contributed by atoms with Gasteiger partial charge in [0.05, 0.1) is 5.57 Å². The number of aryl methyl sites for hydroxylation is 2. The molecule has 28 heavy (non-hydrogen) atoms. The molecule has 5 nitrogen and oxygen atoms in total. The third kappa shape index (κ3) is 3.67. The van der Waals surface area contributed by atoms with Crippen molar-refractivity contribution >= 4 is 11.4 Å². The van der Waals surface area contributed by atoms with E-state index in [1.807, 2.05) is 38.1 Å². The minimum Gasteiger partial charge on any atom is -0.508 e. The van der Waals surface area contributed by atoms with Gasteiger partial charge < -0.3 is 14.6 Å². The van der Waals surface area contributed by atoms with Crippen LogP contribution in [-0.2, 0) is 16.0 Å². The van der Waals surface area contributed by atoms with E-state index in [2.05, 4.69) is 4.98 Å². The van der Waals surface area contributed by atoms with Crippen LogP contribution in [-0.4, -0.2) is 27.1 Å². The van der Waals surface area contributed by atoms with Crippen molar-refractivity contribution in [1.29, 1.82) is 0 Å². The van der Waals surface area contributed by atoms with E-state index in [4.69, 9.17) is 9.47 Å². The molecule has 1 aliphatic rings. The largest absolute Gasteiger partial charge is 0.508 e. The summed E-state index contributed by atoms with van der Waals surface area (Å²) in [5.41, 5.74) is 0.949. The van der Waals surface area contributed by atoms with Crippen molar-refractivity contribution in [3.05, 3.63) is 59.0 Å². The molecule has 2 aromatic rings. The molecular formula is C23H27NO4. The molecule has 0 saturated carbocycles. The van der Waals surface area contributed by atoms with Crippen LogP contribution in [0.15, 0.2) is 42.3 Å². The molecule has 148 valence electrons. The molecule has 0 atom stereocenters. The molecule has 1 aliphatic heterocycles. The summed E-state index contributed by atoms with van der Waals surface area (Å²) in [5.74, 6) is 0.732. The Morgan fingerprint density at radius 1 is 1.11 bits per heavy atom. The summed E-state index contributed by atoms with van der Waals surface area (Å²) in [5, 5.41) is 10.9. The van der Waals surface area contributed by atoms with Crippen LogP contribution >= 0.6 is 0 Å². The summed E-state index contributed by atoms with van der Waals surface area (Å²) in [6, 6.07) is 9.31. The van der Waals surface area contributed by atoms with Gasteiger partial charge in [0, 0.05) is 12.3 Å². The van der Waals surface area contributed by atoms with E-state index >= 15 is 0 Å². The maximum absolute atomic E-state index is 13.1. The average Bonchev–Trinajstić information content (AvgIpc) is 2.60. The van der Waals surface area contributed by atoms with Crippen LogP contribution in [0.4, 0.5) is 0 Å². The zero-order valence-corrected chi connectivity index (χ0v) is 17.3. The second-order valence-corrected chi connectivity index (χ2v) is 8.12. The van der Waals surface area contributed by atoms with E-state index < -0.39 is 11.2 Å². The molecule has 0 spiro atoms. The van der Waals surface area contributed by atoms with E-state index in [-0.39, 0.29) is 11.5 Å². The molecule has 0 saturated heterocycles. The normalized spacial score (nSPS) is 18.3. The van der Waals surface area contributed by atoms with Crippen LogP contribution in [0.3, 0.4) is 0 Å². The molecule has 2 heterocycles. The molecule has 0 fully saturated rings. The number of hydrogen-bond donors (Lipinski definition) is 1. The van der Waals surface area contributed by atoms with Crippen molar-refractivity contribution in [2.45, 2.75) is 59.2 Å². The second kappa shape index (κ2) is 7.06. The first kappa shape index (κ1) is 20.1. The van der Waals surface area contributed by atoms with Gasteiger partial charge in [0.15, 0.2) is 5.78 Å². The highest BCUT2D eigenvalue weighted by Crippen LogP contribution is 2.41. The van der Waals surface area contributed by atoms with E-state index in [1.165, 1.54) is 0 Å². The van der Waals surface area contributed by atoms with Crippen molar-refractivity contribution in [3.8, 4) is 11.6 Å². The first-order chi connectivity index (χ1) is 13.0. The summed E-state index contributed by atoms with van der Waals surface area (Å²) in [4.78, 5) is 17.4. The first-order valence-electron chi connectivity index (χ1n) is 9.47. The van der Waals surface area contributed by atoms with Gasteiger partial charge in [-0.05, 0) is 75.9 Å². The minimum atomic E-state index is -1.04. The summed E-state index contributed by atoms with van der Waals surface area (Å²) >= 11 is 0. The number of rotatable bonds is 4. The smallest absolute Gasteiger partial charge is 0.219 e. The Morgan fingerprint density at radius 3 is 2.46 bits per heavy atom. The van der Waals surface area contributed by atoms with E-state index in [0.717, 1.165) is 11.1 Å². The molecule has 1 aromatic heterocycles. The summed E-state index contributed by atoms with van der Waals surface area (Å²) < 4.78 is 11.8. The van der Waals surface area contributed by atoms with Gasteiger partial charge in [-0.3, -0.25) is 4.79 Å². The Morgan fingerprint density at radius 2 is 1.82 bits per heavy atom. The van der Waals surface area contributed by atoms with Gasteiger partial charge in [-0.1, -0.05) is 13.0 Å². The molecular weight excluding hydrogens is 354 g/mol. The lowest BCUT2D eigenvalue weighted by Crippen LogP contribution is -2.49. The molecule has 0 radical (unpaired) electrons. The fourth-order valence-corrected chi connectivity index (χ4v) is 3.54. The molecule has 1 N–H and O–H groups in total. The van der Waals surface area contributed by atoms with Gasteiger partial charge in [0.1, 0.15) is 22.7 Å². The number of carbonyl (C=O) groups is 1. The van der Waals surface area contributed by atoms with Crippen LogP contribution in [0.2, 0.25) is 0 Å². The molecule has 0 unspecified atom stereocenters. The number of hydrogen-bond acceptors (Lipinski definition) is 5. The van der Waals surface area contributed by atoms with Crippen LogP contribution in [0.1, 0.15) is 51.3 Å². The van der Waals surface area contributed by atoms with Gasteiger partial charge in [0.2, 0.25) is 5.88 Å². The van der Waals surface area contributed by atoms with Crippen molar-refractivity contribution in [2.24, 2.45) is 0 Å². The lowest BCUT2D eigenvalue weighted by Gasteiger charge is -2.40. The predicted molar refractivity (Wildman–Crippen MR) is 109 cm³/mol. The Kier molecular flexibility index (Phi) is 5.06. The zero-order valence-electron chi connectivity index (χ0n) is 17.3. The highest BCUT2D eigenvalue weighted by atomic mass is 16.5. The number of ether oxygens (including phenoxy) is 2. The van der Waals surface area contributed by atoms with E-state index in [0.29, 0.717) is 29.2 Å². The van der Waals surface area contributed by atoms with Gasteiger partial charge in [0.25, 0.3) is 0 Å². The number of carbonyl (C=O) groups excluding carboxylic acids is 1. The number of Topliss-reactive ketones (excluding diaryl/α,β-unsaturated/α-hetero) is 1. The highest BCUT2D eigenvalue weighted by Gasteiger charge is 2.47. The Bertz CT molecular complexity index is 957. The minimum absolute atomic E-state index is 0.0580. The highest BCUT2D eigenvalue weighted by molar-refractivity contribution is 6.26. The first-order valence-corrected chi connectivity index (χ1v) is 9.47. The standard InChI is InChI=1S/C23H27NO4/c1-7-15-8-9-16(27-18-12-14(2)10-11-24-18)13-17(15)19-20(25)22(3,4)28-23(5,6)21(19)26/h8-13,25H,7H2,1-6H3. The lowest BCUT2D eigenvalue weighted by molar-refractivity contribution is -0.158. The van der Waals surface area contributed by atoms with Crippen LogP contribution in [0, 0.1) is 6.92 Å². The quantitative estimate of drug-likeness (QED) is 0.791. The average molecular weight is 381 g/mol. The SMILES string of the molecule is CCc1ccc(Oc2cc(C)ccn2)cc1C1=C(O)C(C)(C)OC(C)(C)C1=O. The topological polar surface area (TPSA) is 68.7 Å². The van der Waals surface area contributed by atoms with Gasteiger partial charge in [-0.2, -0.15) is 0 Å². The van der Waals surface area contributed by atoms with Gasteiger partial charge >= 0.3 is 0 Å². The third-order valence-corrected chi connectivity index (χ3v) is 4.94. The number of pyridine rings is 1.